The first-order chi connectivity index (χ1) is 8.73. The Labute approximate surface area is 109 Å². The highest BCUT2D eigenvalue weighted by molar-refractivity contribution is 5.96. The average Bonchev–Trinajstić information content (AvgIpc) is 2.67. The molecule has 2 N–H and O–H groups in total. The highest BCUT2D eigenvalue weighted by Crippen LogP contribution is 2.15. The molecule has 0 aliphatic carbocycles. The third-order valence-electron chi connectivity index (χ3n) is 2.65. The van der Waals surface area contributed by atoms with Crippen LogP contribution in [0.15, 0.2) is 12.3 Å². The summed E-state index contributed by atoms with van der Waals surface area (Å²) in [4.78, 5) is 32.9. The molecule has 1 unspecified atom stereocenters. The minimum Gasteiger partial charge on any atom is -0.480 e. The molecule has 0 radical (unpaired) electrons. The highest BCUT2D eigenvalue weighted by atomic mass is 16.6. The lowest BCUT2D eigenvalue weighted by molar-refractivity contribution is -0.384. The number of rotatable bonds is 5. The van der Waals surface area contributed by atoms with Crippen LogP contribution in [0.25, 0.3) is 0 Å². The van der Waals surface area contributed by atoms with Crippen LogP contribution < -0.4 is 5.32 Å². The van der Waals surface area contributed by atoms with Crippen molar-refractivity contribution < 1.29 is 19.6 Å². The van der Waals surface area contributed by atoms with Crippen LogP contribution in [0, 0.1) is 16.0 Å². The first-order valence-electron chi connectivity index (χ1n) is 5.58. The molecule has 8 nitrogen and oxygen atoms in total. The normalized spacial score (nSPS) is 12.2. The van der Waals surface area contributed by atoms with E-state index in [-0.39, 0.29) is 17.3 Å². The monoisotopic (exact) mass is 269 g/mol. The molecule has 0 aliphatic heterocycles. The number of carboxylic acids is 1. The summed E-state index contributed by atoms with van der Waals surface area (Å²) in [7, 11) is 1.48. The molecule has 19 heavy (non-hydrogen) atoms. The summed E-state index contributed by atoms with van der Waals surface area (Å²) >= 11 is 0. The van der Waals surface area contributed by atoms with E-state index in [4.69, 9.17) is 5.11 Å². The van der Waals surface area contributed by atoms with E-state index in [1.54, 1.807) is 13.8 Å². The van der Waals surface area contributed by atoms with Gasteiger partial charge in [-0.1, -0.05) is 13.8 Å². The first-order valence-corrected chi connectivity index (χ1v) is 5.58. The second-order valence-corrected chi connectivity index (χ2v) is 4.48. The van der Waals surface area contributed by atoms with Gasteiger partial charge in [0.25, 0.3) is 11.6 Å². The van der Waals surface area contributed by atoms with Gasteiger partial charge in [-0.2, -0.15) is 0 Å². The van der Waals surface area contributed by atoms with Gasteiger partial charge in [0.15, 0.2) is 0 Å². The number of aromatic nitrogens is 1. The average molecular weight is 269 g/mol. The van der Waals surface area contributed by atoms with Crippen molar-refractivity contribution in [1.29, 1.82) is 0 Å². The zero-order chi connectivity index (χ0) is 14.7. The lowest BCUT2D eigenvalue weighted by Gasteiger charge is -2.17. The number of nitrogens with one attached hydrogen (secondary N) is 1. The SMILES string of the molecule is CC(C)C(NC(=O)c1cc([N+](=O)[O-])cn1C)C(=O)O. The predicted molar refractivity (Wildman–Crippen MR) is 65.8 cm³/mol. The lowest BCUT2D eigenvalue weighted by Crippen LogP contribution is -2.44. The molecule has 1 aromatic heterocycles. The summed E-state index contributed by atoms with van der Waals surface area (Å²) in [5.74, 6) is -2.10. The van der Waals surface area contributed by atoms with Crippen molar-refractivity contribution in [3.63, 3.8) is 0 Å². The lowest BCUT2D eigenvalue weighted by atomic mass is 10.0. The molecule has 0 aliphatic rings. The quantitative estimate of drug-likeness (QED) is 0.605. The van der Waals surface area contributed by atoms with E-state index in [2.05, 4.69) is 5.32 Å². The minimum atomic E-state index is -1.15. The van der Waals surface area contributed by atoms with Crippen molar-refractivity contribution in [2.75, 3.05) is 0 Å². The summed E-state index contributed by atoms with van der Waals surface area (Å²) in [6, 6.07) is 0.0654. The number of nitrogens with zero attached hydrogens (tertiary/aromatic N) is 2. The molecule has 1 amide bonds. The Hall–Kier alpha value is -2.38. The van der Waals surface area contributed by atoms with Gasteiger partial charge in [-0.3, -0.25) is 14.9 Å². The molecule has 1 aromatic rings. The molecule has 0 saturated heterocycles. The number of aliphatic carboxylic acids is 1. The van der Waals surface area contributed by atoms with Crippen LogP contribution in [0.3, 0.4) is 0 Å². The molecule has 1 atom stereocenters. The zero-order valence-corrected chi connectivity index (χ0v) is 10.8. The van der Waals surface area contributed by atoms with E-state index in [1.807, 2.05) is 0 Å². The number of hydrogen-bond acceptors (Lipinski definition) is 4. The number of carbonyl (C=O) groups is 2. The van der Waals surface area contributed by atoms with E-state index < -0.39 is 22.8 Å². The number of amides is 1. The van der Waals surface area contributed by atoms with E-state index in [9.17, 15) is 19.7 Å². The Morgan fingerprint density at radius 2 is 2.05 bits per heavy atom. The molecule has 0 spiro atoms. The molecule has 0 bridgehead atoms. The van der Waals surface area contributed by atoms with Gasteiger partial charge in [0.2, 0.25) is 0 Å². The maximum Gasteiger partial charge on any atom is 0.326 e. The van der Waals surface area contributed by atoms with Crippen molar-refractivity contribution >= 4 is 17.6 Å². The smallest absolute Gasteiger partial charge is 0.326 e. The van der Waals surface area contributed by atoms with Gasteiger partial charge in [-0.05, 0) is 5.92 Å². The first kappa shape index (κ1) is 14.7. The molecule has 104 valence electrons. The van der Waals surface area contributed by atoms with Gasteiger partial charge in [-0.15, -0.1) is 0 Å². The highest BCUT2D eigenvalue weighted by Gasteiger charge is 2.26. The summed E-state index contributed by atoms with van der Waals surface area (Å²) in [5.41, 5.74) is -0.178. The number of hydrogen-bond donors (Lipinski definition) is 2. The summed E-state index contributed by atoms with van der Waals surface area (Å²) in [6.45, 7) is 3.32. The van der Waals surface area contributed by atoms with Gasteiger partial charge in [0.1, 0.15) is 11.7 Å². The van der Waals surface area contributed by atoms with Crippen LogP contribution >= 0.6 is 0 Å². The molecule has 1 rings (SSSR count). The van der Waals surface area contributed by atoms with Crippen molar-refractivity contribution in [3.8, 4) is 0 Å². The van der Waals surface area contributed by atoms with Crippen LogP contribution in [0.5, 0.6) is 0 Å². The molecular weight excluding hydrogens is 254 g/mol. The fraction of sp³-hybridized carbons (Fsp3) is 0.455. The Kier molecular flexibility index (Phi) is 4.26. The van der Waals surface area contributed by atoms with Gasteiger partial charge in [0.05, 0.1) is 11.1 Å². The summed E-state index contributed by atoms with van der Waals surface area (Å²) in [5, 5.41) is 21.9. The number of carbonyl (C=O) groups excluding carboxylic acids is 1. The largest absolute Gasteiger partial charge is 0.480 e. The van der Waals surface area contributed by atoms with Gasteiger partial charge in [-0.25, -0.2) is 4.79 Å². The second-order valence-electron chi connectivity index (χ2n) is 4.48. The minimum absolute atomic E-state index is 0.0404. The van der Waals surface area contributed by atoms with Crippen LogP contribution in [0.4, 0.5) is 5.69 Å². The van der Waals surface area contributed by atoms with E-state index in [0.717, 1.165) is 6.07 Å². The standard InChI is InChI=1S/C11H15N3O5/c1-6(2)9(11(16)17)12-10(15)8-4-7(14(18)19)5-13(8)3/h4-6,9H,1-3H3,(H,12,15)(H,16,17). The van der Waals surface area contributed by atoms with Crippen LogP contribution in [-0.4, -0.2) is 32.5 Å². The molecule has 8 heteroatoms. The fourth-order valence-corrected chi connectivity index (χ4v) is 1.60. The van der Waals surface area contributed by atoms with Crippen molar-refractivity contribution in [2.24, 2.45) is 13.0 Å². The van der Waals surface area contributed by atoms with Crippen LogP contribution in [-0.2, 0) is 11.8 Å². The van der Waals surface area contributed by atoms with Crippen molar-refractivity contribution in [2.45, 2.75) is 19.9 Å². The third kappa shape index (κ3) is 3.30. The van der Waals surface area contributed by atoms with Crippen molar-refractivity contribution in [1.82, 2.24) is 9.88 Å². The Morgan fingerprint density at radius 1 is 1.47 bits per heavy atom. The summed E-state index contributed by atoms with van der Waals surface area (Å²) < 4.78 is 1.28. The molecule has 0 aromatic carbocycles. The van der Waals surface area contributed by atoms with Gasteiger partial charge >= 0.3 is 5.97 Å². The zero-order valence-electron chi connectivity index (χ0n) is 10.8. The fourth-order valence-electron chi connectivity index (χ4n) is 1.60. The Morgan fingerprint density at radius 3 is 2.42 bits per heavy atom. The molecular formula is C11H15N3O5. The number of aryl methyl sites for hydroxylation is 1. The van der Waals surface area contributed by atoms with E-state index in [0.29, 0.717) is 0 Å². The maximum atomic E-state index is 11.9. The van der Waals surface area contributed by atoms with Gasteiger partial charge < -0.3 is 15.0 Å². The van der Waals surface area contributed by atoms with E-state index >= 15 is 0 Å². The van der Waals surface area contributed by atoms with Gasteiger partial charge in [0, 0.05) is 13.1 Å². The van der Waals surface area contributed by atoms with E-state index in [1.165, 1.54) is 17.8 Å². The predicted octanol–water partition coefficient (Wildman–Crippen LogP) is 0.772. The summed E-state index contributed by atoms with van der Waals surface area (Å²) in [6.07, 6.45) is 1.19. The third-order valence-corrected chi connectivity index (χ3v) is 2.65. The molecule has 1 heterocycles. The second kappa shape index (κ2) is 5.51. The maximum absolute atomic E-state index is 11.9. The number of nitro groups is 1. The van der Waals surface area contributed by atoms with Crippen molar-refractivity contribution in [3.05, 3.63) is 28.1 Å². The topological polar surface area (TPSA) is 114 Å². The number of carboxylic acid groups (broad SMARTS) is 1. The Bertz CT molecular complexity index is 520. The molecule has 0 fully saturated rings. The molecule has 0 saturated carbocycles. The Balaban J connectivity index is 2.94. The van der Waals surface area contributed by atoms with Crippen LogP contribution in [0.1, 0.15) is 24.3 Å². The van der Waals surface area contributed by atoms with Crippen LogP contribution in [0.2, 0.25) is 0 Å².